The molecular weight excluding hydrogens is 206 g/mol. The molecule has 5 heteroatoms. The number of amidine groups is 1. The van der Waals surface area contributed by atoms with Gasteiger partial charge in [-0.05, 0) is 24.7 Å². The number of nitrogens with one attached hydrogen (secondary N) is 1. The molecule has 4 N–H and O–H groups in total. The van der Waals surface area contributed by atoms with Gasteiger partial charge in [0.15, 0.2) is 0 Å². The van der Waals surface area contributed by atoms with Gasteiger partial charge in [0.05, 0.1) is 0 Å². The summed E-state index contributed by atoms with van der Waals surface area (Å²) in [5, 5.41) is 14.3. The Morgan fingerprint density at radius 2 is 2.19 bits per heavy atom. The smallest absolute Gasteiger partial charge is 0.223 e. The van der Waals surface area contributed by atoms with Gasteiger partial charge in [-0.3, -0.25) is 4.79 Å². The quantitative estimate of drug-likeness (QED) is 0.282. The van der Waals surface area contributed by atoms with E-state index in [1.54, 1.807) is 0 Å². The SMILES string of the molecule is CC(CNC(=O)C1C2CCCC21)C(N)=NO. The van der Waals surface area contributed by atoms with Crippen molar-refractivity contribution in [1.82, 2.24) is 5.32 Å². The molecule has 1 amide bonds. The summed E-state index contributed by atoms with van der Waals surface area (Å²) >= 11 is 0. The van der Waals surface area contributed by atoms with Crippen LogP contribution < -0.4 is 11.1 Å². The lowest BCUT2D eigenvalue weighted by Crippen LogP contribution is -2.36. The number of rotatable bonds is 4. The van der Waals surface area contributed by atoms with Gasteiger partial charge in [-0.15, -0.1) is 0 Å². The fraction of sp³-hybridized carbons (Fsp3) is 0.818. The molecule has 2 aliphatic carbocycles. The molecule has 0 saturated heterocycles. The Balaban J connectivity index is 1.73. The van der Waals surface area contributed by atoms with Crippen molar-refractivity contribution in [3.8, 4) is 0 Å². The number of oxime groups is 1. The third kappa shape index (κ3) is 1.99. The predicted octanol–water partition coefficient (Wildman–Crippen LogP) is 0.531. The van der Waals surface area contributed by atoms with Gasteiger partial charge in [-0.25, -0.2) is 0 Å². The molecule has 3 atom stereocenters. The first kappa shape index (κ1) is 11.2. The lowest BCUT2D eigenvalue weighted by molar-refractivity contribution is -0.123. The van der Waals surface area contributed by atoms with Crippen LogP contribution in [0.2, 0.25) is 0 Å². The molecule has 0 aromatic carbocycles. The summed E-state index contributed by atoms with van der Waals surface area (Å²) in [5.41, 5.74) is 5.44. The van der Waals surface area contributed by atoms with E-state index in [4.69, 9.17) is 10.9 Å². The molecule has 0 bridgehead atoms. The Morgan fingerprint density at radius 3 is 2.75 bits per heavy atom. The van der Waals surface area contributed by atoms with Crippen molar-refractivity contribution in [1.29, 1.82) is 0 Å². The molecule has 16 heavy (non-hydrogen) atoms. The lowest BCUT2D eigenvalue weighted by atomic mass is 10.1. The highest BCUT2D eigenvalue weighted by Crippen LogP contribution is 2.57. The predicted molar refractivity (Wildman–Crippen MR) is 59.9 cm³/mol. The second kappa shape index (κ2) is 4.31. The van der Waals surface area contributed by atoms with Gasteiger partial charge in [-0.1, -0.05) is 18.5 Å². The van der Waals surface area contributed by atoms with Crippen LogP contribution in [0.3, 0.4) is 0 Å². The van der Waals surface area contributed by atoms with E-state index in [2.05, 4.69) is 10.5 Å². The van der Waals surface area contributed by atoms with Crippen LogP contribution >= 0.6 is 0 Å². The minimum absolute atomic E-state index is 0.118. The molecule has 0 aromatic heterocycles. The summed E-state index contributed by atoms with van der Waals surface area (Å²) in [7, 11) is 0. The highest BCUT2D eigenvalue weighted by Gasteiger charge is 2.56. The van der Waals surface area contributed by atoms with Crippen LogP contribution in [0, 0.1) is 23.7 Å². The monoisotopic (exact) mass is 225 g/mol. The molecule has 0 spiro atoms. The number of hydrogen-bond acceptors (Lipinski definition) is 3. The van der Waals surface area contributed by atoms with E-state index < -0.39 is 0 Å². The fourth-order valence-electron chi connectivity index (χ4n) is 2.79. The number of fused-ring (bicyclic) bond motifs is 1. The molecule has 2 aliphatic rings. The largest absolute Gasteiger partial charge is 0.409 e. The molecule has 0 heterocycles. The van der Waals surface area contributed by atoms with Crippen LogP contribution in [0.25, 0.3) is 0 Å². The Bertz CT molecular complexity index is 306. The van der Waals surface area contributed by atoms with Gasteiger partial charge in [0, 0.05) is 18.4 Å². The topological polar surface area (TPSA) is 87.7 Å². The maximum absolute atomic E-state index is 11.8. The van der Waals surface area contributed by atoms with Gasteiger partial charge < -0.3 is 16.3 Å². The van der Waals surface area contributed by atoms with Crippen molar-refractivity contribution in [3.63, 3.8) is 0 Å². The Kier molecular flexibility index (Phi) is 3.03. The second-order valence-corrected chi connectivity index (χ2v) is 4.96. The average molecular weight is 225 g/mol. The summed E-state index contributed by atoms with van der Waals surface area (Å²) in [4.78, 5) is 11.8. The van der Waals surface area contributed by atoms with Crippen molar-refractivity contribution >= 4 is 11.7 Å². The summed E-state index contributed by atoms with van der Waals surface area (Å²) < 4.78 is 0. The van der Waals surface area contributed by atoms with Crippen molar-refractivity contribution in [3.05, 3.63) is 0 Å². The number of carbonyl (C=O) groups excluding carboxylic acids is 1. The van der Waals surface area contributed by atoms with Crippen LogP contribution in [0.1, 0.15) is 26.2 Å². The lowest BCUT2D eigenvalue weighted by Gasteiger charge is -2.11. The van der Waals surface area contributed by atoms with Crippen molar-refractivity contribution < 1.29 is 10.0 Å². The van der Waals surface area contributed by atoms with Crippen LogP contribution in [-0.4, -0.2) is 23.5 Å². The summed E-state index contributed by atoms with van der Waals surface area (Å²) in [5.74, 6) is 1.71. The summed E-state index contributed by atoms with van der Waals surface area (Å²) in [6, 6.07) is 0. The van der Waals surface area contributed by atoms with E-state index >= 15 is 0 Å². The van der Waals surface area contributed by atoms with Gasteiger partial charge in [0.2, 0.25) is 5.91 Å². The Hall–Kier alpha value is -1.26. The third-order valence-corrected chi connectivity index (χ3v) is 3.91. The van der Waals surface area contributed by atoms with Crippen LogP contribution in [-0.2, 0) is 4.79 Å². The van der Waals surface area contributed by atoms with E-state index in [1.807, 2.05) is 6.92 Å². The van der Waals surface area contributed by atoms with Crippen molar-refractivity contribution in [2.45, 2.75) is 26.2 Å². The average Bonchev–Trinajstić information content (AvgIpc) is 2.78. The molecule has 0 aliphatic heterocycles. The number of nitrogens with two attached hydrogens (primary N) is 1. The molecule has 0 aromatic rings. The van der Waals surface area contributed by atoms with Gasteiger partial charge in [-0.2, -0.15) is 0 Å². The minimum atomic E-state index is -0.118. The minimum Gasteiger partial charge on any atom is -0.409 e. The molecule has 90 valence electrons. The fourth-order valence-corrected chi connectivity index (χ4v) is 2.79. The van der Waals surface area contributed by atoms with Crippen molar-refractivity contribution in [2.24, 2.45) is 34.6 Å². The molecule has 2 fully saturated rings. The molecule has 0 radical (unpaired) electrons. The normalized spacial score (nSPS) is 34.3. The highest BCUT2D eigenvalue weighted by molar-refractivity contribution is 5.85. The zero-order chi connectivity index (χ0) is 11.7. The maximum Gasteiger partial charge on any atom is 0.223 e. The number of carbonyl (C=O) groups is 1. The van der Waals surface area contributed by atoms with E-state index in [1.165, 1.54) is 19.3 Å². The standard InChI is InChI=1S/C11H19N3O2/c1-6(10(12)14-16)5-13-11(15)9-7-3-2-4-8(7)9/h6-9,16H,2-5H2,1H3,(H2,12,14)(H,13,15). The van der Waals surface area contributed by atoms with Gasteiger partial charge in [0.25, 0.3) is 0 Å². The Labute approximate surface area is 95.1 Å². The van der Waals surface area contributed by atoms with Gasteiger partial charge >= 0.3 is 0 Å². The van der Waals surface area contributed by atoms with E-state index in [0.717, 1.165) is 0 Å². The Morgan fingerprint density at radius 1 is 1.56 bits per heavy atom. The number of amides is 1. The number of nitrogens with zero attached hydrogens (tertiary/aromatic N) is 1. The first-order chi connectivity index (χ1) is 7.65. The second-order valence-electron chi connectivity index (χ2n) is 4.96. The molecule has 2 saturated carbocycles. The first-order valence-electron chi connectivity index (χ1n) is 5.90. The van der Waals surface area contributed by atoms with Crippen LogP contribution in [0.4, 0.5) is 0 Å². The molecule has 5 nitrogen and oxygen atoms in total. The van der Waals surface area contributed by atoms with Crippen molar-refractivity contribution in [2.75, 3.05) is 6.54 Å². The first-order valence-corrected chi connectivity index (χ1v) is 5.90. The zero-order valence-electron chi connectivity index (χ0n) is 9.52. The zero-order valence-corrected chi connectivity index (χ0v) is 9.52. The molecule has 3 unspecified atom stereocenters. The molecule has 2 rings (SSSR count). The van der Waals surface area contributed by atoms with Crippen LogP contribution in [0.5, 0.6) is 0 Å². The third-order valence-electron chi connectivity index (χ3n) is 3.91. The highest BCUT2D eigenvalue weighted by atomic mass is 16.4. The van der Waals surface area contributed by atoms with Gasteiger partial charge in [0.1, 0.15) is 5.84 Å². The summed E-state index contributed by atoms with van der Waals surface area (Å²) in [6.07, 6.45) is 3.69. The molecular formula is C11H19N3O2. The maximum atomic E-state index is 11.8. The summed E-state index contributed by atoms with van der Waals surface area (Å²) in [6.45, 7) is 2.27. The van der Waals surface area contributed by atoms with E-state index in [-0.39, 0.29) is 23.6 Å². The van der Waals surface area contributed by atoms with E-state index in [9.17, 15) is 4.79 Å². The number of hydrogen-bond donors (Lipinski definition) is 3. The van der Waals surface area contributed by atoms with Crippen LogP contribution in [0.15, 0.2) is 5.16 Å². The van der Waals surface area contributed by atoms with E-state index in [0.29, 0.717) is 18.4 Å².